The van der Waals surface area contributed by atoms with Crippen LogP contribution in [0.1, 0.15) is 38.3 Å². The molecule has 2 rings (SSSR count). The Labute approximate surface area is 147 Å². The number of carbonyl (C=O) groups is 3. The molecule has 2 N–H and O–H groups in total. The van der Waals surface area contributed by atoms with Gasteiger partial charge in [0.1, 0.15) is 12.1 Å². The number of hydrogen-bond donors (Lipinski definition) is 2. The van der Waals surface area contributed by atoms with E-state index in [1.54, 1.807) is 29.2 Å². The molecular formula is C18H25N3O4. The number of carbonyl (C=O) groups excluding carboxylic acids is 3. The number of hydrogen-bond acceptors (Lipinski definition) is 4. The second-order valence-corrected chi connectivity index (χ2v) is 6.33. The number of nitrogens with one attached hydrogen (secondary N) is 2. The van der Waals surface area contributed by atoms with E-state index >= 15 is 0 Å². The van der Waals surface area contributed by atoms with Crippen molar-refractivity contribution in [2.45, 2.75) is 44.8 Å². The molecule has 0 radical (unpaired) electrons. The average molecular weight is 347 g/mol. The van der Waals surface area contributed by atoms with Crippen molar-refractivity contribution in [1.82, 2.24) is 15.5 Å². The van der Waals surface area contributed by atoms with Gasteiger partial charge in [-0.3, -0.25) is 9.59 Å². The molecule has 0 saturated carbocycles. The molecule has 25 heavy (non-hydrogen) atoms. The number of alkyl carbamates (subject to hydrolysis) is 1. The molecule has 1 aromatic rings. The number of methoxy groups -OCH3 is 1. The van der Waals surface area contributed by atoms with Crippen LogP contribution in [0.25, 0.3) is 0 Å². The van der Waals surface area contributed by atoms with E-state index in [9.17, 15) is 14.4 Å². The zero-order chi connectivity index (χ0) is 18.4. The second-order valence-electron chi connectivity index (χ2n) is 6.33. The number of ether oxygens (including phenoxy) is 1. The van der Waals surface area contributed by atoms with E-state index in [-0.39, 0.29) is 17.9 Å². The number of amides is 3. The van der Waals surface area contributed by atoms with Crippen molar-refractivity contribution in [2.75, 3.05) is 13.7 Å². The minimum atomic E-state index is -0.888. The maximum atomic E-state index is 13.1. The standard InChI is InChI=1S/C18H25N3O4/c1-12(2)19-16(22)14-10-7-11-21(14)17(23)15(20-18(24)25-3)13-8-5-4-6-9-13/h4-6,8-9,12,14-15H,7,10-11H2,1-3H3,(H,19,22)(H,20,24)/t14-,15-/m0/s1. The molecule has 7 nitrogen and oxygen atoms in total. The van der Waals surface area contributed by atoms with Gasteiger partial charge in [0.2, 0.25) is 5.91 Å². The van der Waals surface area contributed by atoms with E-state index in [1.807, 2.05) is 19.9 Å². The van der Waals surface area contributed by atoms with E-state index in [0.29, 0.717) is 18.5 Å². The van der Waals surface area contributed by atoms with Crippen LogP contribution < -0.4 is 10.6 Å². The van der Waals surface area contributed by atoms with Crippen LogP contribution in [-0.2, 0) is 14.3 Å². The molecule has 3 amide bonds. The molecule has 1 aliphatic rings. The average Bonchev–Trinajstić information content (AvgIpc) is 3.09. The molecular weight excluding hydrogens is 322 g/mol. The molecule has 0 bridgehead atoms. The second kappa shape index (κ2) is 8.50. The molecule has 136 valence electrons. The highest BCUT2D eigenvalue weighted by molar-refractivity contribution is 5.92. The maximum absolute atomic E-state index is 13.1. The number of rotatable bonds is 5. The Morgan fingerprint density at radius 1 is 1.16 bits per heavy atom. The Balaban J connectivity index is 2.22. The molecule has 0 unspecified atom stereocenters. The summed E-state index contributed by atoms with van der Waals surface area (Å²) in [5.74, 6) is -0.469. The monoisotopic (exact) mass is 347 g/mol. The zero-order valence-corrected chi connectivity index (χ0v) is 14.8. The van der Waals surface area contributed by atoms with Gasteiger partial charge in [0.15, 0.2) is 0 Å². The lowest BCUT2D eigenvalue weighted by molar-refractivity contribution is -0.140. The highest BCUT2D eigenvalue weighted by Gasteiger charge is 2.38. The number of nitrogens with zero attached hydrogens (tertiary/aromatic N) is 1. The van der Waals surface area contributed by atoms with Gasteiger partial charge in [0.25, 0.3) is 5.91 Å². The molecule has 0 aromatic heterocycles. The minimum absolute atomic E-state index is 0.00293. The van der Waals surface area contributed by atoms with Crippen molar-refractivity contribution in [2.24, 2.45) is 0 Å². The third kappa shape index (κ3) is 4.71. The van der Waals surface area contributed by atoms with Crippen LogP contribution in [0.3, 0.4) is 0 Å². The van der Waals surface area contributed by atoms with Crippen LogP contribution in [0, 0.1) is 0 Å². The maximum Gasteiger partial charge on any atom is 0.407 e. The van der Waals surface area contributed by atoms with Gasteiger partial charge in [-0.05, 0) is 32.3 Å². The molecule has 1 aromatic carbocycles. The molecule has 1 fully saturated rings. The van der Waals surface area contributed by atoms with Crippen molar-refractivity contribution >= 4 is 17.9 Å². The van der Waals surface area contributed by atoms with Crippen molar-refractivity contribution < 1.29 is 19.1 Å². The van der Waals surface area contributed by atoms with E-state index in [0.717, 1.165) is 6.42 Å². The van der Waals surface area contributed by atoms with Gasteiger partial charge in [-0.1, -0.05) is 30.3 Å². The third-order valence-corrected chi connectivity index (χ3v) is 4.10. The lowest BCUT2D eigenvalue weighted by atomic mass is 10.0. The first-order chi connectivity index (χ1) is 11.9. The van der Waals surface area contributed by atoms with Crippen molar-refractivity contribution in [3.63, 3.8) is 0 Å². The van der Waals surface area contributed by atoms with Gasteiger partial charge < -0.3 is 20.3 Å². The SMILES string of the molecule is COC(=O)N[C@H](C(=O)N1CCC[C@H]1C(=O)NC(C)C)c1ccccc1. The van der Waals surface area contributed by atoms with Crippen LogP contribution in [0.5, 0.6) is 0 Å². The topological polar surface area (TPSA) is 87.7 Å². The van der Waals surface area contributed by atoms with Crippen LogP contribution in [0.2, 0.25) is 0 Å². The summed E-state index contributed by atoms with van der Waals surface area (Å²) in [4.78, 5) is 38.7. The fraction of sp³-hybridized carbons (Fsp3) is 0.500. The minimum Gasteiger partial charge on any atom is -0.453 e. The van der Waals surface area contributed by atoms with Crippen molar-refractivity contribution in [3.8, 4) is 0 Å². The molecule has 1 aliphatic heterocycles. The Kier molecular flexibility index (Phi) is 6.38. The molecule has 0 aliphatic carbocycles. The van der Waals surface area contributed by atoms with Gasteiger partial charge in [-0.2, -0.15) is 0 Å². The Morgan fingerprint density at radius 3 is 2.44 bits per heavy atom. The largest absolute Gasteiger partial charge is 0.453 e. The summed E-state index contributed by atoms with van der Waals surface area (Å²) in [7, 11) is 1.25. The van der Waals surface area contributed by atoms with E-state index < -0.39 is 18.2 Å². The normalized spacial score (nSPS) is 17.9. The Morgan fingerprint density at radius 2 is 1.84 bits per heavy atom. The van der Waals surface area contributed by atoms with Gasteiger partial charge in [-0.15, -0.1) is 0 Å². The van der Waals surface area contributed by atoms with Crippen LogP contribution in [0.4, 0.5) is 4.79 Å². The quantitative estimate of drug-likeness (QED) is 0.847. The fourth-order valence-electron chi connectivity index (χ4n) is 2.96. The van der Waals surface area contributed by atoms with Crippen molar-refractivity contribution in [3.05, 3.63) is 35.9 Å². The van der Waals surface area contributed by atoms with E-state index in [1.165, 1.54) is 7.11 Å². The lowest BCUT2D eigenvalue weighted by Crippen LogP contribution is -2.51. The summed E-state index contributed by atoms with van der Waals surface area (Å²) < 4.78 is 4.64. The number of benzene rings is 1. The first-order valence-corrected chi connectivity index (χ1v) is 8.44. The number of likely N-dealkylation sites (tertiary alicyclic amines) is 1. The summed E-state index contributed by atoms with van der Waals surface area (Å²) >= 11 is 0. The lowest BCUT2D eigenvalue weighted by Gasteiger charge is -2.29. The summed E-state index contributed by atoms with van der Waals surface area (Å²) in [6, 6.07) is 7.54. The first-order valence-electron chi connectivity index (χ1n) is 8.44. The molecule has 1 heterocycles. The Hall–Kier alpha value is -2.57. The van der Waals surface area contributed by atoms with Gasteiger partial charge in [-0.25, -0.2) is 4.79 Å². The van der Waals surface area contributed by atoms with Gasteiger partial charge >= 0.3 is 6.09 Å². The summed E-state index contributed by atoms with van der Waals surface area (Å²) in [5.41, 5.74) is 0.646. The van der Waals surface area contributed by atoms with Gasteiger partial charge in [0, 0.05) is 12.6 Å². The predicted octanol–water partition coefficient (Wildman–Crippen LogP) is 1.60. The molecule has 0 spiro atoms. The molecule has 2 atom stereocenters. The van der Waals surface area contributed by atoms with E-state index in [4.69, 9.17) is 0 Å². The zero-order valence-electron chi connectivity index (χ0n) is 14.8. The van der Waals surface area contributed by atoms with Crippen LogP contribution in [-0.4, -0.2) is 48.5 Å². The highest BCUT2D eigenvalue weighted by Crippen LogP contribution is 2.24. The van der Waals surface area contributed by atoms with Crippen molar-refractivity contribution in [1.29, 1.82) is 0 Å². The summed E-state index contributed by atoms with van der Waals surface area (Å²) in [6.45, 7) is 4.25. The molecule has 1 saturated heterocycles. The fourth-order valence-corrected chi connectivity index (χ4v) is 2.96. The smallest absolute Gasteiger partial charge is 0.407 e. The van der Waals surface area contributed by atoms with Crippen LogP contribution >= 0.6 is 0 Å². The summed E-state index contributed by atoms with van der Waals surface area (Å²) in [6.07, 6.45) is 0.677. The summed E-state index contributed by atoms with van der Waals surface area (Å²) in [5, 5.41) is 5.43. The third-order valence-electron chi connectivity index (χ3n) is 4.10. The van der Waals surface area contributed by atoms with E-state index in [2.05, 4.69) is 15.4 Å². The Bertz CT molecular complexity index is 618. The van der Waals surface area contributed by atoms with Crippen LogP contribution in [0.15, 0.2) is 30.3 Å². The predicted molar refractivity (Wildman–Crippen MR) is 92.7 cm³/mol. The first kappa shape index (κ1) is 18.8. The molecule has 7 heteroatoms. The highest BCUT2D eigenvalue weighted by atomic mass is 16.5. The van der Waals surface area contributed by atoms with Gasteiger partial charge in [0.05, 0.1) is 7.11 Å².